The lowest BCUT2D eigenvalue weighted by atomic mass is 10.3. The lowest BCUT2D eigenvalue weighted by Gasteiger charge is -2.07. The van der Waals surface area contributed by atoms with Crippen LogP contribution in [0.15, 0.2) is 12.2 Å². The van der Waals surface area contributed by atoms with Crippen LogP contribution in [0.25, 0.3) is 0 Å². The molecule has 0 saturated carbocycles. The van der Waals surface area contributed by atoms with E-state index < -0.39 is 24.5 Å². The number of aliphatic carboxylic acids is 1. The molecule has 3 amide bonds. The van der Waals surface area contributed by atoms with E-state index in [0.29, 0.717) is 6.54 Å². The number of urea groups is 1. The highest BCUT2D eigenvalue weighted by Crippen LogP contribution is 1.80. The standard InChI is InChI=1S/C9H15N3O4/c1-6(2)3-11-9(16)12-4-7(13)10-5-8(14)15/h1,3-5H2,2H3,(H,10,13)(H,14,15)(H2,11,12,16). The number of carbonyl (C=O) groups excluding carboxylic acids is 2. The van der Waals surface area contributed by atoms with Crippen molar-refractivity contribution in [3.8, 4) is 0 Å². The summed E-state index contributed by atoms with van der Waals surface area (Å²) < 4.78 is 0. The van der Waals surface area contributed by atoms with Crippen molar-refractivity contribution >= 4 is 17.9 Å². The first-order valence-corrected chi connectivity index (χ1v) is 4.56. The molecule has 16 heavy (non-hydrogen) atoms. The molecule has 4 N–H and O–H groups in total. The van der Waals surface area contributed by atoms with Crippen molar-refractivity contribution in [1.82, 2.24) is 16.0 Å². The first-order valence-electron chi connectivity index (χ1n) is 4.56. The first-order chi connectivity index (χ1) is 7.41. The predicted octanol–water partition coefficient (Wildman–Crippen LogP) is -0.937. The summed E-state index contributed by atoms with van der Waals surface area (Å²) in [5.41, 5.74) is 0.783. The average molecular weight is 229 g/mol. The molecule has 0 aliphatic carbocycles. The Hall–Kier alpha value is -2.05. The monoisotopic (exact) mass is 229 g/mol. The molecule has 0 radical (unpaired) electrons. The molecule has 0 bridgehead atoms. The summed E-state index contributed by atoms with van der Waals surface area (Å²) in [5.74, 6) is -1.70. The fourth-order valence-electron chi connectivity index (χ4n) is 0.691. The van der Waals surface area contributed by atoms with Crippen molar-refractivity contribution in [2.75, 3.05) is 19.6 Å². The lowest BCUT2D eigenvalue weighted by molar-refractivity contribution is -0.137. The van der Waals surface area contributed by atoms with Gasteiger partial charge < -0.3 is 21.1 Å². The van der Waals surface area contributed by atoms with Gasteiger partial charge in [0.2, 0.25) is 5.91 Å². The Balaban J connectivity index is 3.63. The minimum atomic E-state index is -1.14. The molecule has 0 atom stereocenters. The van der Waals surface area contributed by atoms with Crippen molar-refractivity contribution in [2.24, 2.45) is 0 Å². The van der Waals surface area contributed by atoms with E-state index in [1.54, 1.807) is 6.92 Å². The number of carboxylic acids is 1. The van der Waals surface area contributed by atoms with Crippen molar-refractivity contribution in [1.29, 1.82) is 0 Å². The van der Waals surface area contributed by atoms with E-state index >= 15 is 0 Å². The number of hydrogen-bond acceptors (Lipinski definition) is 3. The minimum Gasteiger partial charge on any atom is -0.480 e. The van der Waals surface area contributed by atoms with Gasteiger partial charge in [0.05, 0.1) is 6.54 Å². The van der Waals surface area contributed by atoms with Gasteiger partial charge in [-0.2, -0.15) is 0 Å². The van der Waals surface area contributed by atoms with Gasteiger partial charge in [-0.15, -0.1) is 0 Å². The molecule has 0 fully saturated rings. The summed E-state index contributed by atoms with van der Waals surface area (Å²) in [6.45, 7) is 4.92. The second kappa shape index (κ2) is 7.27. The van der Waals surface area contributed by atoms with Crippen LogP contribution in [0.2, 0.25) is 0 Å². The van der Waals surface area contributed by atoms with Crippen molar-refractivity contribution in [3.05, 3.63) is 12.2 Å². The van der Waals surface area contributed by atoms with Crippen molar-refractivity contribution < 1.29 is 19.5 Å². The smallest absolute Gasteiger partial charge is 0.322 e. The Bertz CT molecular complexity index is 271. The van der Waals surface area contributed by atoms with Crippen molar-refractivity contribution in [2.45, 2.75) is 6.92 Å². The van der Waals surface area contributed by atoms with E-state index in [2.05, 4.69) is 22.5 Å². The van der Waals surface area contributed by atoms with Gasteiger partial charge in [0, 0.05) is 6.54 Å². The fourth-order valence-corrected chi connectivity index (χ4v) is 0.691. The van der Waals surface area contributed by atoms with Gasteiger partial charge in [-0.3, -0.25) is 9.59 Å². The molecule has 0 heterocycles. The molecule has 0 unspecified atom stereocenters. The summed E-state index contributed by atoms with van der Waals surface area (Å²) in [4.78, 5) is 32.1. The first kappa shape index (κ1) is 13.9. The van der Waals surface area contributed by atoms with E-state index in [9.17, 15) is 14.4 Å². The quantitative estimate of drug-likeness (QED) is 0.441. The minimum absolute atomic E-state index is 0.269. The zero-order valence-corrected chi connectivity index (χ0v) is 9.00. The van der Waals surface area contributed by atoms with E-state index in [0.717, 1.165) is 5.57 Å². The van der Waals surface area contributed by atoms with Gasteiger partial charge in [0.15, 0.2) is 0 Å². The lowest BCUT2D eigenvalue weighted by Crippen LogP contribution is -2.43. The van der Waals surface area contributed by atoms with Gasteiger partial charge in [-0.1, -0.05) is 12.2 Å². The maximum absolute atomic E-state index is 11.0. The molecule has 7 nitrogen and oxygen atoms in total. The van der Waals surface area contributed by atoms with E-state index in [1.807, 2.05) is 0 Å². The Morgan fingerprint density at radius 2 is 1.62 bits per heavy atom. The topological polar surface area (TPSA) is 108 Å². The highest BCUT2D eigenvalue weighted by atomic mass is 16.4. The van der Waals surface area contributed by atoms with Gasteiger partial charge >= 0.3 is 12.0 Å². The molecule has 0 aliphatic heterocycles. The van der Waals surface area contributed by atoms with Gasteiger partial charge in [0.1, 0.15) is 6.54 Å². The average Bonchev–Trinajstić information content (AvgIpc) is 2.20. The highest BCUT2D eigenvalue weighted by Gasteiger charge is 2.05. The number of rotatable bonds is 6. The summed E-state index contributed by atoms with van der Waals surface area (Å²) in [6, 6.07) is -0.506. The second-order valence-electron chi connectivity index (χ2n) is 3.16. The van der Waals surface area contributed by atoms with Crippen LogP contribution < -0.4 is 16.0 Å². The number of carboxylic acid groups (broad SMARTS) is 1. The molecule has 0 aromatic rings. The number of nitrogens with one attached hydrogen (secondary N) is 3. The molecule has 0 aromatic carbocycles. The molecule has 90 valence electrons. The summed E-state index contributed by atoms with van der Waals surface area (Å²) in [7, 11) is 0. The summed E-state index contributed by atoms with van der Waals surface area (Å²) in [5, 5.41) is 15.1. The van der Waals surface area contributed by atoms with Crippen LogP contribution in [0, 0.1) is 0 Å². The molecule has 0 spiro atoms. The largest absolute Gasteiger partial charge is 0.480 e. The SMILES string of the molecule is C=C(C)CNC(=O)NCC(=O)NCC(=O)O. The zero-order valence-electron chi connectivity index (χ0n) is 9.00. The highest BCUT2D eigenvalue weighted by molar-refractivity contribution is 5.86. The molecule has 0 rings (SSSR count). The predicted molar refractivity (Wildman–Crippen MR) is 56.9 cm³/mol. The van der Waals surface area contributed by atoms with Gasteiger partial charge in [-0.25, -0.2) is 4.79 Å². The Morgan fingerprint density at radius 3 is 2.12 bits per heavy atom. The molecule has 7 heteroatoms. The zero-order chi connectivity index (χ0) is 12.6. The molecular formula is C9H15N3O4. The second-order valence-corrected chi connectivity index (χ2v) is 3.16. The maximum atomic E-state index is 11.0. The Kier molecular flexibility index (Phi) is 6.34. The number of amides is 3. The van der Waals surface area contributed by atoms with E-state index in [-0.39, 0.29) is 6.54 Å². The van der Waals surface area contributed by atoms with Crippen LogP contribution in [0.4, 0.5) is 4.79 Å². The van der Waals surface area contributed by atoms with Gasteiger partial charge in [-0.05, 0) is 6.92 Å². The van der Waals surface area contributed by atoms with Gasteiger partial charge in [0.25, 0.3) is 0 Å². The summed E-state index contributed by atoms with van der Waals surface area (Å²) in [6.07, 6.45) is 0. The third kappa shape index (κ3) is 8.54. The van der Waals surface area contributed by atoms with Crippen LogP contribution in [-0.2, 0) is 9.59 Å². The van der Waals surface area contributed by atoms with Crippen molar-refractivity contribution in [3.63, 3.8) is 0 Å². The fraction of sp³-hybridized carbons (Fsp3) is 0.444. The Labute approximate surface area is 92.9 Å². The van der Waals surface area contributed by atoms with Crippen LogP contribution >= 0.6 is 0 Å². The molecule has 0 saturated heterocycles. The van der Waals surface area contributed by atoms with E-state index in [1.165, 1.54) is 0 Å². The van der Waals surface area contributed by atoms with Crippen LogP contribution in [0.1, 0.15) is 6.92 Å². The normalized spacial score (nSPS) is 9.06. The third-order valence-electron chi connectivity index (χ3n) is 1.40. The molecular weight excluding hydrogens is 214 g/mol. The molecule has 0 aromatic heterocycles. The van der Waals surface area contributed by atoms with E-state index in [4.69, 9.17) is 5.11 Å². The third-order valence-corrected chi connectivity index (χ3v) is 1.40. The van der Waals surface area contributed by atoms with Crippen LogP contribution in [0.5, 0.6) is 0 Å². The summed E-state index contributed by atoms with van der Waals surface area (Å²) >= 11 is 0. The van der Waals surface area contributed by atoms with Crippen LogP contribution in [0.3, 0.4) is 0 Å². The number of carbonyl (C=O) groups is 3. The Morgan fingerprint density at radius 1 is 1.06 bits per heavy atom. The number of hydrogen-bond donors (Lipinski definition) is 4. The van der Waals surface area contributed by atoms with Crippen LogP contribution in [-0.4, -0.2) is 42.6 Å². The molecule has 0 aliphatic rings. The maximum Gasteiger partial charge on any atom is 0.322 e.